The van der Waals surface area contributed by atoms with Gasteiger partial charge in [0.1, 0.15) is 17.0 Å². The zero-order valence-electron chi connectivity index (χ0n) is 13.4. The molecule has 0 bridgehead atoms. The summed E-state index contributed by atoms with van der Waals surface area (Å²) in [5, 5.41) is 4.58. The van der Waals surface area contributed by atoms with Crippen molar-refractivity contribution in [1.82, 2.24) is 24.6 Å². The van der Waals surface area contributed by atoms with Crippen molar-refractivity contribution in [2.24, 2.45) is 7.05 Å². The maximum atomic E-state index is 13.1. The number of nitrogens with one attached hydrogen (secondary N) is 1. The Morgan fingerprint density at radius 2 is 2.12 bits per heavy atom. The van der Waals surface area contributed by atoms with Crippen LogP contribution in [0.5, 0.6) is 0 Å². The number of rotatable bonds is 3. The van der Waals surface area contributed by atoms with Crippen molar-refractivity contribution in [3.8, 4) is 0 Å². The first-order valence-electron chi connectivity index (χ1n) is 8.02. The Morgan fingerprint density at radius 1 is 1.33 bits per heavy atom. The lowest BCUT2D eigenvalue weighted by molar-refractivity contribution is 0.242. The number of benzene rings is 1. The van der Waals surface area contributed by atoms with Crippen molar-refractivity contribution in [3.05, 3.63) is 58.0 Å². The predicted octanol–water partition coefficient (Wildman–Crippen LogP) is 2.13. The summed E-state index contributed by atoms with van der Waals surface area (Å²) in [5.74, 6) is 0.404. The summed E-state index contributed by atoms with van der Waals surface area (Å²) in [6.07, 6.45) is 3.62. The van der Waals surface area contributed by atoms with Gasteiger partial charge in [0.25, 0.3) is 5.56 Å². The average Bonchev–Trinajstić information content (AvgIpc) is 3.16. The Hall–Kier alpha value is -2.54. The molecule has 24 heavy (non-hydrogen) atoms. The Bertz CT molecular complexity index is 930. The van der Waals surface area contributed by atoms with Crippen LogP contribution >= 0.6 is 0 Å². The zero-order valence-corrected chi connectivity index (χ0v) is 13.4. The van der Waals surface area contributed by atoms with E-state index in [1.807, 2.05) is 12.1 Å². The van der Waals surface area contributed by atoms with Gasteiger partial charge in [-0.15, -0.1) is 0 Å². The van der Waals surface area contributed by atoms with Gasteiger partial charge in [-0.2, -0.15) is 5.10 Å². The number of H-pyrrole nitrogens is 1. The summed E-state index contributed by atoms with van der Waals surface area (Å²) < 4.78 is 14.8. The second-order valence-electron chi connectivity index (χ2n) is 6.20. The van der Waals surface area contributed by atoms with Gasteiger partial charge in [-0.1, -0.05) is 12.1 Å². The molecule has 0 aliphatic carbocycles. The highest BCUT2D eigenvalue weighted by atomic mass is 19.1. The molecular formula is C17H18FN5O. The van der Waals surface area contributed by atoms with Crippen LogP contribution in [0.15, 0.2) is 35.3 Å². The van der Waals surface area contributed by atoms with Crippen molar-refractivity contribution in [2.45, 2.75) is 25.4 Å². The second kappa shape index (κ2) is 5.83. The van der Waals surface area contributed by atoms with Gasteiger partial charge in [0, 0.05) is 13.1 Å². The molecule has 1 fully saturated rings. The number of halogens is 1. The van der Waals surface area contributed by atoms with E-state index < -0.39 is 0 Å². The van der Waals surface area contributed by atoms with Crippen LogP contribution in [-0.2, 0) is 13.6 Å². The van der Waals surface area contributed by atoms with Crippen molar-refractivity contribution >= 4 is 11.0 Å². The highest BCUT2D eigenvalue weighted by molar-refractivity contribution is 5.72. The van der Waals surface area contributed by atoms with Crippen LogP contribution in [0.25, 0.3) is 11.0 Å². The number of aromatic amines is 1. The van der Waals surface area contributed by atoms with Crippen LogP contribution in [0.1, 0.15) is 30.3 Å². The lowest BCUT2D eigenvalue weighted by Gasteiger charge is -2.24. The zero-order chi connectivity index (χ0) is 16.7. The minimum Gasteiger partial charge on any atom is -0.309 e. The second-order valence-corrected chi connectivity index (χ2v) is 6.20. The summed E-state index contributed by atoms with van der Waals surface area (Å²) in [4.78, 5) is 21.8. The average molecular weight is 327 g/mol. The van der Waals surface area contributed by atoms with Crippen LogP contribution in [0.2, 0.25) is 0 Å². The number of hydrogen-bond donors (Lipinski definition) is 1. The SMILES string of the molecule is Cn1ncc2c(=O)[nH]c(CN3CCC[C@H]3c3ccc(F)cc3)nc21. The molecule has 1 saturated heterocycles. The van der Waals surface area contributed by atoms with Crippen molar-refractivity contribution in [1.29, 1.82) is 0 Å². The summed E-state index contributed by atoms with van der Waals surface area (Å²) in [6, 6.07) is 6.87. The Kier molecular flexibility index (Phi) is 3.65. The molecule has 4 rings (SSSR count). The van der Waals surface area contributed by atoms with Crippen LogP contribution in [0, 0.1) is 5.82 Å². The molecule has 0 spiro atoms. The van der Waals surface area contributed by atoms with Crippen LogP contribution in [0.3, 0.4) is 0 Å². The molecule has 3 heterocycles. The van der Waals surface area contributed by atoms with Gasteiger partial charge in [-0.25, -0.2) is 9.37 Å². The number of aromatic nitrogens is 4. The minimum atomic E-state index is -0.226. The summed E-state index contributed by atoms with van der Waals surface area (Å²) in [6.45, 7) is 1.48. The summed E-state index contributed by atoms with van der Waals surface area (Å²) in [7, 11) is 1.77. The van der Waals surface area contributed by atoms with E-state index in [4.69, 9.17) is 0 Å². The molecule has 3 aromatic rings. The molecule has 124 valence electrons. The molecule has 1 aromatic carbocycles. The quantitative estimate of drug-likeness (QED) is 0.800. The topological polar surface area (TPSA) is 66.8 Å². The van der Waals surface area contributed by atoms with Crippen LogP contribution in [0.4, 0.5) is 4.39 Å². The fourth-order valence-corrected chi connectivity index (χ4v) is 3.42. The Labute approximate surface area is 137 Å². The van der Waals surface area contributed by atoms with Crippen molar-refractivity contribution in [2.75, 3.05) is 6.54 Å². The number of likely N-dealkylation sites (tertiary alicyclic amines) is 1. The number of hydrogen-bond acceptors (Lipinski definition) is 4. The number of fused-ring (bicyclic) bond motifs is 1. The Morgan fingerprint density at radius 3 is 2.92 bits per heavy atom. The van der Waals surface area contributed by atoms with Gasteiger partial charge in [-0.3, -0.25) is 14.4 Å². The maximum absolute atomic E-state index is 13.1. The highest BCUT2D eigenvalue weighted by Crippen LogP contribution is 2.32. The third-order valence-corrected chi connectivity index (χ3v) is 4.62. The van der Waals surface area contributed by atoms with Gasteiger partial charge < -0.3 is 4.98 Å². The fraction of sp³-hybridized carbons (Fsp3) is 0.353. The predicted molar refractivity (Wildman–Crippen MR) is 87.9 cm³/mol. The molecule has 2 aromatic heterocycles. The largest absolute Gasteiger partial charge is 0.309 e. The van der Waals surface area contributed by atoms with Gasteiger partial charge in [0.05, 0.1) is 12.7 Å². The van der Waals surface area contributed by atoms with E-state index in [2.05, 4.69) is 20.0 Å². The third-order valence-electron chi connectivity index (χ3n) is 4.62. The molecule has 1 aliphatic heterocycles. The smallest absolute Gasteiger partial charge is 0.262 e. The van der Waals surface area contributed by atoms with Crippen LogP contribution in [-0.4, -0.2) is 31.2 Å². The third kappa shape index (κ3) is 2.60. The molecule has 0 amide bonds. The molecule has 0 unspecified atom stereocenters. The molecule has 1 aliphatic rings. The monoisotopic (exact) mass is 327 g/mol. The first kappa shape index (κ1) is 15.0. The van der Waals surface area contributed by atoms with Crippen molar-refractivity contribution < 1.29 is 4.39 Å². The van der Waals surface area contributed by atoms with E-state index in [0.717, 1.165) is 24.9 Å². The van der Waals surface area contributed by atoms with E-state index in [9.17, 15) is 9.18 Å². The molecule has 6 nitrogen and oxygen atoms in total. The summed E-state index contributed by atoms with van der Waals surface area (Å²) in [5.41, 5.74) is 1.52. The molecule has 0 saturated carbocycles. The highest BCUT2D eigenvalue weighted by Gasteiger charge is 2.26. The minimum absolute atomic E-state index is 0.166. The number of nitrogens with zero attached hydrogens (tertiary/aromatic N) is 4. The van der Waals surface area contributed by atoms with E-state index in [-0.39, 0.29) is 17.4 Å². The van der Waals surface area contributed by atoms with Crippen molar-refractivity contribution in [3.63, 3.8) is 0 Å². The standard InChI is InChI=1S/C17H18FN5O/c1-22-16-13(9-19-22)17(24)21-15(20-16)10-23-8-2-3-14(23)11-4-6-12(18)7-5-11/h4-7,9,14H,2-3,8,10H2,1H3,(H,20,21,24)/t14-/m0/s1. The van der Waals surface area contributed by atoms with Gasteiger partial charge in [0.15, 0.2) is 5.65 Å². The molecule has 1 atom stereocenters. The first-order valence-corrected chi connectivity index (χ1v) is 8.02. The number of aryl methyl sites for hydroxylation is 1. The lowest BCUT2D eigenvalue weighted by Crippen LogP contribution is -2.25. The van der Waals surface area contributed by atoms with Gasteiger partial charge in [-0.05, 0) is 37.1 Å². The maximum Gasteiger partial charge on any atom is 0.262 e. The van der Waals surface area contributed by atoms with E-state index in [1.165, 1.54) is 18.3 Å². The van der Waals surface area contributed by atoms with E-state index >= 15 is 0 Å². The summed E-state index contributed by atoms with van der Waals surface area (Å²) >= 11 is 0. The van der Waals surface area contributed by atoms with Gasteiger partial charge in [0.2, 0.25) is 0 Å². The van der Waals surface area contributed by atoms with E-state index in [1.54, 1.807) is 11.7 Å². The molecule has 0 radical (unpaired) electrons. The van der Waals surface area contributed by atoms with Crippen LogP contribution < -0.4 is 5.56 Å². The van der Waals surface area contributed by atoms with Gasteiger partial charge >= 0.3 is 0 Å². The van der Waals surface area contributed by atoms with E-state index in [0.29, 0.717) is 23.4 Å². The molecular weight excluding hydrogens is 309 g/mol. The lowest BCUT2D eigenvalue weighted by atomic mass is 10.0. The normalized spacial score (nSPS) is 18.5. The fourth-order valence-electron chi connectivity index (χ4n) is 3.42. The molecule has 1 N–H and O–H groups in total. The Balaban J connectivity index is 1.63. The first-order chi connectivity index (χ1) is 11.6. The molecule has 7 heteroatoms.